The third-order valence-electron chi connectivity index (χ3n) is 2.21. The van der Waals surface area contributed by atoms with Crippen molar-refractivity contribution in [1.82, 2.24) is 9.97 Å². The maximum atomic E-state index is 6.03. The number of thiazole rings is 1. The van der Waals surface area contributed by atoms with Gasteiger partial charge in [0.05, 0.1) is 22.5 Å². The molecule has 0 saturated heterocycles. The molecule has 0 amide bonds. The van der Waals surface area contributed by atoms with Gasteiger partial charge in [-0.1, -0.05) is 13.8 Å². The molecule has 0 saturated carbocycles. The van der Waals surface area contributed by atoms with Crippen LogP contribution in [-0.4, -0.2) is 9.97 Å². The molecule has 0 aromatic carbocycles. The predicted molar refractivity (Wildman–Crippen MR) is 59.2 cm³/mol. The van der Waals surface area contributed by atoms with Crippen LogP contribution in [0.5, 0.6) is 0 Å². The maximum Gasteiger partial charge on any atom is 0.111 e. The van der Waals surface area contributed by atoms with Crippen molar-refractivity contribution in [1.29, 1.82) is 0 Å². The minimum absolute atomic E-state index is 0.0346. The Labute approximate surface area is 87.0 Å². The minimum Gasteiger partial charge on any atom is -0.322 e. The molecule has 2 aromatic rings. The molecule has 2 aromatic heterocycles. The van der Waals surface area contributed by atoms with E-state index < -0.39 is 0 Å². The fourth-order valence-corrected chi connectivity index (χ4v) is 2.33. The van der Waals surface area contributed by atoms with Crippen molar-refractivity contribution in [3.8, 4) is 0 Å². The Morgan fingerprint density at radius 3 is 2.86 bits per heavy atom. The highest BCUT2D eigenvalue weighted by atomic mass is 32.1. The molecular weight excluding hydrogens is 194 g/mol. The lowest BCUT2D eigenvalue weighted by atomic mass is 10.1. The van der Waals surface area contributed by atoms with E-state index in [0.717, 1.165) is 15.2 Å². The quantitative estimate of drug-likeness (QED) is 0.822. The Morgan fingerprint density at radius 1 is 1.43 bits per heavy atom. The summed E-state index contributed by atoms with van der Waals surface area (Å²) in [5.74, 6) is 0.420. The highest BCUT2D eigenvalue weighted by molar-refractivity contribution is 7.18. The lowest BCUT2D eigenvalue weighted by Crippen LogP contribution is -2.16. The topological polar surface area (TPSA) is 51.8 Å². The molecule has 0 bridgehead atoms. The van der Waals surface area contributed by atoms with Gasteiger partial charge in [0, 0.05) is 6.20 Å². The van der Waals surface area contributed by atoms with Crippen LogP contribution in [0.3, 0.4) is 0 Å². The van der Waals surface area contributed by atoms with Gasteiger partial charge in [0.25, 0.3) is 0 Å². The SMILES string of the molecule is CC(C)C(N)c1nc2cnccc2s1. The second-order valence-corrected chi connectivity index (χ2v) is 4.73. The molecule has 2 N–H and O–H groups in total. The van der Waals surface area contributed by atoms with E-state index in [-0.39, 0.29) is 6.04 Å². The summed E-state index contributed by atoms with van der Waals surface area (Å²) >= 11 is 1.66. The molecule has 0 aliphatic carbocycles. The average molecular weight is 207 g/mol. The number of fused-ring (bicyclic) bond motifs is 1. The van der Waals surface area contributed by atoms with Gasteiger partial charge in [0.1, 0.15) is 5.01 Å². The van der Waals surface area contributed by atoms with E-state index in [2.05, 4.69) is 23.8 Å². The van der Waals surface area contributed by atoms with Crippen molar-refractivity contribution < 1.29 is 0 Å². The van der Waals surface area contributed by atoms with Crippen molar-refractivity contribution in [2.75, 3.05) is 0 Å². The molecule has 1 atom stereocenters. The standard InChI is InChI=1S/C10H13N3S/c1-6(2)9(11)10-13-7-5-12-4-3-8(7)14-10/h3-6,9H,11H2,1-2H3. The van der Waals surface area contributed by atoms with E-state index >= 15 is 0 Å². The Bertz CT molecular complexity index is 403. The third-order valence-corrected chi connectivity index (χ3v) is 3.35. The number of nitrogens with zero attached hydrogens (tertiary/aromatic N) is 2. The molecule has 2 heterocycles. The molecule has 0 spiro atoms. The monoisotopic (exact) mass is 207 g/mol. The highest BCUT2D eigenvalue weighted by Crippen LogP contribution is 2.27. The van der Waals surface area contributed by atoms with Crippen molar-refractivity contribution in [3.05, 3.63) is 23.5 Å². The summed E-state index contributed by atoms with van der Waals surface area (Å²) in [5, 5.41) is 1.00. The summed E-state index contributed by atoms with van der Waals surface area (Å²) in [5.41, 5.74) is 6.98. The molecule has 14 heavy (non-hydrogen) atoms. The maximum absolute atomic E-state index is 6.03. The Balaban J connectivity index is 2.45. The Hall–Kier alpha value is -1.00. The van der Waals surface area contributed by atoms with Crippen molar-refractivity contribution in [2.24, 2.45) is 11.7 Å². The van der Waals surface area contributed by atoms with E-state index in [0.29, 0.717) is 5.92 Å². The van der Waals surface area contributed by atoms with Crippen LogP contribution in [0, 0.1) is 5.92 Å². The number of aromatic nitrogens is 2. The van der Waals surface area contributed by atoms with Crippen LogP contribution in [0.2, 0.25) is 0 Å². The number of hydrogen-bond acceptors (Lipinski definition) is 4. The van der Waals surface area contributed by atoms with Crippen LogP contribution in [0.15, 0.2) is 18.5 Å². The van der Waals surface area contributed by atoms with Crippen LogP contribution in [0.1, 0.15) is 24.9 Å². The van der Waals surface area contributed by atoms with Crippen LogP contribution >= 0.6 is 11.3 Å². The first kappa shape index (κ1) is 9.55. The van der Waals surface area contributed by atoms with Gasteiger partial charge in [0.15, 0.2) is 0 Å². The van der Waals surface area contributed by atoms with Gasteiger partial charge in [-0.2, -0.15) is 0 Å². The average Bonchev–Trinajstić information content (AvgIpc) is 2.59. The van der Waals surface area contributed by atoms with E-state index in [4.69, 9.17) is 5.73 Å². The molecule has 0 aliphatic rings. The van der Waals surface area contributed by atoms with Gasteiger partial charge in [0.2, 0.25) is 0 Å². The lowest BCUT2D eigenvalue weighted by Gasteiger charge is -2.11. The third kappa shape index (κ3) is 1.63. The van der Waals surface area contributed by atoms with Gasteiger partial charge < -0.3 is 5.73 Å². The first-order valence-corrected chi connectivity index (χ1v) is 5.46. The summed E-state index contributed by atoms with van der Waals surface area (Å²) in [6.07, 6.45) is 3.56. The molecule has 74 valence electrons. The first-order valence-electron chi connectivity index (χ1n) is 4.64. The minimum atomic E-state index is 0.0346. The van der Waals surface area contributed by atoms with Crippen LogP contribution in [0.25, 0.3) is 10.2 Å². The van der Waals surface area contributed by atoms with E-state index in [1.54, 1.807) is 23.7 Å². The summed E-state index contributed by atoms with van der Waals surface area (Å²) in [6, 6.07) is 2.01. The summed E-state index contributed by atoms with van der Waals surface area (Å²) in [6.45, 7) is 4.21. The number of pyridine rings is 1. The summed E-state index contributed by atoms with van der Waals surface area (Å²) in [4.78, 5) is 8.50. The normalized spacial score (nSPS) is 13.7. The smallest absolute Gasteiger partial charge is 0.111 e. The lowest BCUT2D eigenvalue weighted by molar-refractivity contribution is 0.513. The second kappa shape index (κ2) is 3.63. The van der Waals surface area contributed by atoms with Crippen molar-refractivity contribution in [2.45, 2.75) is 19.9 Å². The highest BCUT2D eigenvalue weighted by Gasteiger charge is 2.14. The summed E-state index contributed by atoms with van der Waals surface area (Å²) < 4.78 is 1.16. The molecular formula is C10H13N3S. The Morgan fingerprint density at radius 2 is 2.21 bits per heavy atom. The van der Waals surface area contributed by atoms with Gasteiger partial charge >= 0.3 is 0 Å². The van der Waals surface area contributed by atoms with Crippen molar-refractivity contribution in [3.63, 3.8) is 0 Å². The van der Waals surface area contributed by atoms with Gasteiger partial charge in [-0.25, -0.2) is 4.98 Å². The second-order valence-electron chi connectivity index (χ2n) is 3.67. The Kier molecular flexibility index (Phi) is 2.48. The molecule has 4 heteroatoms. The van der Waals surface area contributed by atoms with Crippen molar-refractivity contribution >= 4 is 21.6 Å². The summed E-state index contributed by atoms with van der Waals surface area (Å²) in [7, 11) is 0. The zero-order chi connectivity index (χ0) is 10.1. The zero-order valence-electron chi connectivity index (χ0n) is 8.27. The molecule has 0 aliphatic heterocycles. The van der Waals surface area contributed by atoms with E-state index in [1.165, 1.54) is 0 Å². The number of rotatable bonds is 2. The molecule has 2 rings (SSSR count). The first-order chi connectivity index (χ1) is 6.68. The van der Waals surface area contributed by atoms with Crippen LogP contribution in [0.4, 0.5) is 0 Å². The van der Waals surface area contributed by atoms with E-state index in [1.807, 2.05) is 6.07 Å². The molecule has 0 radical (unpaired) electrons. The predicted octanol–water partition coefficient (Wildman–Crippen LogP) is 2.35. The van der Waals surface area contributed by atoms with Gasteiger partial charge in [-0.15, -0.1) is 11.3 Å². The largest absolute Gasteiger partial charge is 0.322 e. The zero-order valence-corrected chi connectivity index (χ0v) is 9.08. The fourth-order valence-electron chi connectivity index (χ4n) is 1.23. The van der Waals surface area contributed by atoms with Crippen LogP contribution < -0.4 is 5.73 Å². The van der Waals surface area contributed by atoms with E-state index in [9.17, 15) is 0 Å². The number of hydrogen-bond donors (Lipinski definition) is 1. The molecule has 1 unspecified atom stereocenters. The molecule has 0 fully saturated rings. The number of nitrogens with two attached hydrogens (primary N) is 1. The van der Waals surface area contributed by atoms with Gasteiger partial charge in [-0.05, 0) is 12.0 Å². The fraction of sp³-hybridized carbons (Fsp3) is 0.400. The van der Waals surface area contributed by atoms with Crippen LogP contribution in [-0.2, 0) is 0 Å². The molecule has 3 nitrogen and oxygen atoms in total. The van der Waals surface area contributed by atoms with Gasteiger partial charge in [-0.3, -0.25) is 4.98 Å².